The van der Waals surface area contributed by atoms with E-state index >= 15 is 0 Å². The van der Waals surface area contributed by atoms with Crippen molar-refractivity contribution in [3.63, 3.8) is 0 Å². The van der Waals surface area contributed by atoms with Crippen LogP contribution in [0.1, 0.15) is 51.9 Å². The molecule has 0 aromatic carbocycles. The van der Waals surface area contributed by atoms with Crippen LogP contribution in [-0.2, 0) is 4.79 Å². The summed E-state index contributed by atoms with van der Waals surface area (Å²) >= 11 is 0. The standard InChI is InChI=1S/C17H30N2O/c1-2-14(8-13-6-4-3-5-7-13)17(20)19-11-15-9-18-10-16(15)12-19/h13-16,18H,2-12H2,1H3/t14?,15-,16+. The van der Waals surface area contributed by atoms with E-state index in [0.717, 1.165) is 56.8 Å². The average molecular weight is 278 g/mol. The van der Waals surface area contributed by atoms with E-state index in [9.17, 15) is 4.79 Å². The number of nitrogens with one attached hydrogen (secondary N) is 1. The molecule has 2 aliphatic heterocycles. The summed E-state index contributed by atoms with van der Waals surface area (Å²) in [7, 11) is 0. The van der Waals surface area contributed by atoms with Crippen LogP contribution in [0.4, 0.5) is 0 Å². The first-order valence-electron chi connectivity index (χ1n) is 8.77. The average Bonchev–Trinajstić information content (AvgIpc) is 3.06. The number of rotatable bonds is 4. The first-order chi connectivity index (χ1) is 9.78. The van der Waals surface area contributed by atoms with Crippen LogP contribution in [0.2, 0.25) is 0 Å². The Kier molecular flexibility index (Phi) is 4.65. The van der Waals surface area contributed by atoms with Gasteiger partial charge in [-0.3, -0.25) is 4.79 Å². The number of likely N-dealkylation sites (tertiary alicyclic amines) is 1. The molecule has 3 fully saturated rings. The molecule has 1 amide bonds. The number of hydrogen-bond acceptors (Lipinski definition) is 2. The lowest BCUT2D eigenvalue weighted by molar-refractivity contribution is -0.135. The normalized spacial score (nSPS) is 32.4. The second-order valence-electron chi connectivity index (χ2n) is 7.27. The zero-order chi connectivity index (χ0) is 13.9. The van der Waals surface area contributed by atoms with Gasteiger partial charge in [0.1, 0.15) is 0 Å². The lowest BCUT2D eigenvalue weighted by Crippen LogP contribution is -2.37. The highest BCUT2D eigenvalue weighted by atomic mass is 16.2. The first-order valence-corrected chi connectivity index (χ1v) is 8.77. The van der Waals surface area contributed by atoms with Crippen LogP contribution in [0.3, 0.4) is 0 Å². The predicted octanol–water partition coefficient (Wildman–Crippen LogP) is 2.66. The Balaban J connectivity index is 1.54. The van der Waals surface area contributed by atoms with E-state index in [-0.39, 0.29) is 0 Å². The minimum Gasteiger partial charge on any atom is -0.342 e. The minimum absolute atomic E-state index is 0.296. The summed E-state index contributed by atoms with van der Waals surface area (Å²) in [6.45, 7) is 6.46. The Morgan fingerprint density at radius 3 is 2.40 bits per heavy atom. The fourth-order valence-electron chi connectivity index (χ4n) is 4.56. The molecule has 0 aromatic heterocycles. The van der Waals surface area contributed by atoms with Crippen LogP contribution in [0, 0.1) is 23.7 Å². The lowest BCUT2D eigenvalue weighted by atomic mass is 9.81. The SMILES string of the molecule is CCC(CC1CCCCC1)C(=O)N1C[C@H]2CNC[C@H]2C1. The third-order valence-electron chi connectivity index (χ3n) is 5.89. The molecule has 3 rings (SSSR count). The van der Waals surface area contributed by atoms with Gasteiger partial charge in [0.15, 0.2) is 0 Å². The Bertz CT molecular complexity index is 326. The third kappa shape index (κ3) is 3.03. The highest BCUT2D eigenvalue weighted by Gasteiger charge is 2.39. The maximum Gasteiger partial charge on any atom is 0.225 e. The zero-order valence-corrected chi connectivity index (χ0v) is 12.9. The van der Waals surface area contributed by atoms with Gasteiger partial charge in [-0.2, -0.15) is 0 Å². The minimum atomic E-state index is 0.296. The molecule has 0 bridgehead atoms. The van der Waals surface area contributed by atoms with Gasteiger partial charge in [-0.15, -0.1) is 0 Å². The van der Waals surface area contributed by atoms with Gasteiger partial charge in [0.05, 0.1) is 0 Å². The van der Waals surface area contributed by atoms with Crippen molar-refractivity contribution < 1.29 is 4.79 Å². The molecule has 3 aliphatic rings. The molecule has 2 heterocycles. The van der Waals surface area contributed by atoms with Gasteiger partial charge in [0, 0.05) is 32.1 Å². The molecular formula is C17H30N2O. The molecule has 2 saturated heterocycles. The van der Waals surface area contributed by atoms with Crippen molar-refractivity contribution in [2.24, 2.45) is 23.7 Å². The van der Waals surface area contributed by atoms with Gasteiger partial charge in [-0.05, 0) is 30.6 Å². The third-order valence-corrected chi connectivity index (χ3v) is 5.89. The number of carbonyl (C=O) groups excluding carboxylic acids is 1. The fraction of sp³-hybridized carbons (Fsp3) is 0.941. The van der Waals surface area contributed by atoms with Crippen molar-refractivity contribution in [2.75, 3.05) is 26.2 Å². The molecule has 1 saturated carbocycles. The number of nitrogens with zero attached hydrogens (tertiary/aromatic N) is 1. The van der Waals surface area contributed by atoms with Crippen LogP contribution < -0.4 is 5.32 Å². The number of hydrogen-bond donors (Lipinski definition) is 1. The van der Waals surface area contributed by atoms with Crippen molar-refractivity contribution in [2.45, 2.75) is 51.9 Å². The molecule has 3 nitrogen and oxygen atoms in total. The molecule has 114 valence electrons. The molecule has 0 aromatic rings. The monoisotopic (exact) mass is 278 g/mol. The largest absolute Gasteiger partial charge is 0.342 e. The Hall–Kier alpha value is -0.570. The smallest absolute Gasteiger partial charge is 0.225 e. The van der Waals surface area contributed by atoms with Gasteiger partial charge < -0.3 is 10.2 Å². The number of fused-ring (bicyclic) bond motifs is 1. The molecule has 3 atom stereocenters. The molecule has 1 N–H and O–H groups in total. The summed E-state index contributed by atoms with van der Waals surface area (Å²) in [4.78, 5) is 15.0. The van der Waals surface area contributed by atoms with Crippen LogP contribution in [0.15, 0.2) is 0 Å². The highest BCUT2D eigenvalue weighted by molar-refractivity contribution is 5.79. The van der Waals surface area contributed by atoms with Crippen LogP contribution >= 0.6 is 0 Å². The summed E-state index contributed by atoms with van der Waals surface area (Å²) in [5, 5.41) is 3.45. The second-order valence-corrected chi connectivity index (χ2v) is 7.27. The van der Waals surface area contributed by atoms with Crippen molar-refractivity contribution in [3.05, 3.63) is 0 Å². The molecule has 3 heteroatoms. The summed E-state index contributed by atoms with van der Waals surface area (Å²) in [5.74, 6) is 3.04. The number of carbonyl (C=O) groups is 1. The van der Waals surface area contributed by atoms with E-state index in [1.165, 1.54) is 32.1 Å². The topological polar surface area (TPSA) is 32.3 Å². The van der Waals surface area contributed by atoms with Gasteiger partial charge in [0.2, 0.25) is 5.91 Å². The molecular weight excluding hydrogens is 248 g/mol. The van der Waals surface area contributed by atoms with Crippen molar-refractivity contribution in [1.29, 1.82) is 0 Å². The van der Waals surface area contributed by atoms with E-state index in [0.29, 0.717) is 11.8 Å². The van der Waals surface area contributed by atoms with Crippen LogP contribution in [0.5, 0.6) is 0 Å². The van der Waals surface area contributed by atoms with Crippen LogP contribution in [0.25, 0.3) is 0 Å². The maximum absolute atomic E-state index is 12.8. The Morgan fingerprint density at radius 2 is 1.80 bits per heavy atom. The summed E-state index contributed by atoms with van der Waals surface area (Å²) < 4.78 is 0. The predicted molar refractivity (Wildman–Crippen MR) is 81.4 cm³/mol. The highest BCUT2D eigenvalue weighted by Crippen LogP contribution is 2.33. The van der Waals surface area contributed by atoms with Crippen LogP contribution in [-0.4, -0.2) is 37.0 Å². The maximum atomic E-state index is 12.8. The quantitative estimate of drug-likeness (QED) is 0.857. The van der Waals surface area contributed by atoms with E-state index < -0.39 is 0 Å². The first kappa shape index (κ1) is 14.4. The van der Waals surface area contributed by atoms with Gasteiger partial charge in [0.25, 0.3) is 0 Å². The van der Waals surface area contributed by atoms with Crippen molar-refractivity contribution in [3.8, 4) is 0 Å². The van der Waals surface area contributed by atoms with Gasteiger partial charge in [-0.25, -0.2) is 0 Å². The molecule has 0 radical (unpaired) electrons. The zero-order valence-electron chi connectivity index (χ0n) is 12.9. The van der Waals surface area contributed by atoms with Gasteiger partial charge >= 0.3 is 0 Å². The van der Waals surface area contributed by atoms with Gasteiger partial charge in [-0.1, -0.05) is 39.0 Å². The van der Waals surface area contributed by atoms with Crippen molar-refractivity contribution in [1.82, 2.24) is 10.2 Å². The molecule has 0 spiro atoms. The lowest BCUT2D eigenvalue weighted by Gasteiger charge is -2.28. The summed E-state index contributed by atoms with van der Waals surface area (Å²) in [6.07, 6.45) is 9.07. The molecule has 20 heavy (non-hydrogen) atoms. The second kappa shape index (κ2) is 6.46. The summed E-state index contributed by atoms with van der Waals surface area (Å²) in [5.41, 5.74) is 0. The van der Waals surface area contributed by atoms with E-state index in [4.69, 9.17) is 0 Å². The van der Waals surface area contributed by atoms with E-state index in [1.807, 2.05) is 0 Å². The number of amides is 1. The summed E-state index contributed by atoms with van der Waals surface area (Å²) in [6, 6.07) is 0. The Labute approximate surface area is 123 Å². The van der Waals surface area contributed by atoms with E-state index in [1.54, 1.807) is 0 Å². The molecule has 1 aliphatic carbocycles. The van der Waals surface area contributed by atoms with Crippen molar-refractivity contribution >= 4 is 5.91 Å². The Morgan fingerprint density at radius 1 is 1.15 bits per heavy atom. The molecule has 1 unspecified atom stereocenters. The fourth-order valence-corrected chi connectivity index (χ4v) is 4.56. The van der Waals surface area contributed by atoms with E-state index in [2.05, 4.69) is 17.1 Å².